The van der Waals surface area contributed by atoms with Crippen molar-refractivity contribution < 1.29 is 9.47 Å². The summed E-state index contributed by atoms with van der Waals surface area (Å²) < 4.78 is 11.1. The minimum atomic E-state index is 0.406. The molecule has 0 atom stereocenters. The number of nitrogen functional groups attached to an aromatic ring is 1. The molecule has 0 radical (unpaired) electrons. The Kier molecular flexibility index (Phi) is 4.45. The molecule has 2 aromatic rings. The highest BCUT2D eigenvalue weighted by atomic mass is 16.5. The second-order valence-corrected chi connectivity index (χ2v) is 4.80. The molecule has 0 spiro atoms. The normalized spacial score (nSPS) is 10.6. The number of nitrogens with two attached hydrogens (primary N) is 1. The molecule has 0 bridgehead atoms. The third-order valence-corrected chi connectivity index (χ3v) is 2.91. The lowest BCUT2D eigenvalue weighted by molar-refractivity contribution is 0.323. The molecule has 1 aromatic carbocycles. The molecule has 106 valence electrons. The summed E-state index contributed by atoms with van der Waals surface area (Å²) in [6.45, 7) is 6.72. The average Bonchev–Trinajstić information content (AvgIpc) is 2.43. The number of pyridine rings is 1. The molecule has 4 heteroatoms. The van der Waals surface area contributed by atoms with Crippen LogP contribution in [0, 0.1) is 0 Å². The smallest absolute Gasteiger partial charge is 0.240 e. The van der Waals surface area contributed by atoms with Crippen LogP contribution in [0.15, 0.2) is 36.4 Å². The fourth-order valence-corrected chi connectivity index (χ4v) is 1.78. The Bertz CT molecular complexity index is 565. The topological polar surface area (TPSA) is 57.4 Å². The number of anilines is 1. The first-order valence-electron chi connectivity index (χ1n) is 6.77. The lowest BCUT2D eigenvalue weighted by Crippen LogP contribution is -2.00. The molecule has 0 saturated heterocycles. The standard InChI is InChI=1S/C16H20N2O2/c1-4-19-16-14(17)9-10-15(18-16)20-13-7-5-12(6-8-13)11(2)3/h5-11H,4,17H2,1-3H3. The predicted octanol–water partition coefficient (Wildman–Crippen LogP) is 3.98. The number of aromatic nitrogens is 1. The first kappa shape index (κ1) is 14.2. The molecule has 2 rings (SSSR count). The van der Waals surface area contributed by atoms with Crippen molar-refractivity contribution in [3.63, 3.8) is 0 Å². The minimum absolute atomic E-state index is 0.406. The number of ether oxygens (including phenoxy) is 2. The van der Waals surface area contributed by atoms with Gasteiger partial charge in [0.2, 0.25) is 11.8 Å². The fraction of sp³-hybridized carbons (Fsp3) is 0.312. The summed E-state index contributed by atoms with van der Waals surface area (Å²) in [4.78, 5) is 4.25. The Hall–Kier alpha value is -2.23. The van der Waals surface area contributed by atoms with Crippen LogP contribution in [0.3, 0.4) is 0 Å². The first-order valence-corrected chi connectivity index (χ1v) is 6.77. The van der Waals surface area contributed by atoms with E-state index in [0.717, 1.165) is 5.75 Å². The molecule has 0 saturated carbocycles. The largest absolute Gasteiger partial charge is 0.476 e. The van der Waals surface area contributed by atoms with E-state index in [1.807, 2.05) is 19.1 Å². The number of hydrogen-bond donors (Lipinski definition) is 1. The highest BCUT2D eigenvalue weighted by molar-refractivity contribution is 5.49. The molecule has 0 aliphatic rings. The van der Waals surface area contributed by atoms with E-state index in [4.69, 9.17) is 15.2 Å². The second kappa shape index (κ2) is 6.28. The van der Waals surface area contributed by atoms with Crippen molar-refractivity contribution in [1.29, 1.82) is 0 Å². The van der Waals surface area contributed by atoms with Crippen molar-refractivity contribution >= 4 is 5.69 Å². The second-order valence-electron chi connectivity index (χ2n) is 4.80. The SMILES string of the molecule is CCOc1nc(Oc2ccc(C(C)C)cc2)ccc1N. The molecular weight excluding hydrogens is 252 g/mol. The van der Waals surface area contributed by atoms with Crippen molar-refractivity contribution in [2.75, 3.05) is 12.3 Å². The van der Waals surface area contributed by atoms with Crippen molar-refractivity contribution in [3.8, 4) is 17.5 Å². The zero-order valence-corrected chi connectivity index (χ0v) is 12.1. The maximum atomic E-state index is 5.78. The van der Waals surface area contributed by atoms with E-state index in [2.05, 4.69) is 31.0 Å². The maximum Gasteiger partial charge on any atom is 0.240 e. The van der Waals surface area contributed by atoms with Gasteiger partial charge in [-0.05, 0) is 36.6 Å². The van der Waals surface area contributed by atoms with Crippen molar-refractivity contribution in [1.82, 2.24) is 4.98 Å². The molecule has 0 fully saturated rings. The van der Waals surface area contributed by atoms with E-state index in [0.29, 0.717) is 30.0 Å². The highest BCUT2D eigenvalue weighted by Crippen LogP contribution is 2.27. The molecule has 20 heavy (non-hydrogen) atoms. The fourth-order valence-electron chi connectivity index (χ4n) is 1.78. The molecule has 1 aromatic heterocycles. The Morgan fingerprint density at radius 3 is 2.40 bits per heavy atom. The van der Waals surface area contributed by atoms with Gasteiger partial charge in [-0.25, -0.2) is 0 Å². The average molecular weight is 272 g/mol. The van der Waals surface area contributed by atoms with Gasteiger partial charge in [0.1, 0.15) is 5.75 Å². The van der Waals surface area contributed by atoms with Crippen LogP contribution in [-0.2, 0) is 0 Å². The minimum Gasteiger partial charge on any atom is -0.476 e. The molecule has 4 nitrogen and oxygen atoms in total. The summed E-state index contributed by atoms with van der Waals surface area (Å²) in [6.07, 6.45) is 0. The molecule has 2 N–H and O–H groups in total. The summed E-state index contributed by atoms with van der Waals surface area (Å²) in [5.41, 5.74) is 7.56. The summed E-state index contributed by atoms with van der Waals surface area (Å²) in [5.74, 6) is 2.13. The van der Waals surface area contributed by atoms with Gasteiger partial charge in [-0.2, -0.15) is 4.98 Å². The number of rotatable bonds is 5. The Morgan fingerprint density at radius 1 is 1.10 bits per heavy atom. The van der Waals surface area contributed by atoms with E-state index < -0.39 is 0 Å². The van der Waals surface area contributed by atoms with Crippen molar-refractivity contribution in [3.05, 3.63) is 42.0 Å². The van der Waals surface area contributed by atoms with Crippen molar-refractivity contribution in [2.45, 2.75) is 26.7 Å². The Labute approximate surface area is 119 Å². The molecule has 0 unspecified atom stereocenters. The van der Waals surface area contributed by atoms with Crippen LogP contribution in [0.1, 0.15) is 32.3 Å². The molecular formula is C16H20N2O2. The van der Waals surface area contributed by atoms with E-state index in [1.165, 1.54) is 5.56 Å². The lowest BCUT2D eigenvalue weighted by Gasteiger charge is -2.10. The number of nitrogens with zero attached hydrogens (tertiary/aromatic N) is 1. The van der Waals surface area contributed by atoms with Crippen LogP contribution in [0.25, 0.3) is 0 Å². The van der Waals surface area contributed by atoms with E-state index in [9.17, 15) is 0 Å². The molecule has 0 amide bonds. The number of benzene rings is 1. The quantitative estimate of drug-likeness (QED) is 0.894. The summed E-state index contributed by atoms with van der Waals surface area (Å²) in [7, 11) is 0. The Balaban J connectivity index is 2.15. The van der Waals surface area contributed by atoms with Gasteiger partial charge in [0.05, 0.1) is 12.3 Å². The first-order chi connectivity index (χ1) is 9.60. The van der Waals surface area contributed by atoms with Gasteiger partial charge < -0.3 is 15.2 Å². The Morgan fingerprint density at radius 2 is 1.80 bits per heavy atom. The van der Waals surface area contributed by atoms with Gasteiger partial charge in [-0.1, -0.05) is 26.0 Å². The third-order valence-electron chi connectivity index (χ3n) is 2.91. The van der Waals surface area contributed by atoms with Crippen LogP contribution >= 0.6 is 0 Å². The van der Waals surface area contributed by atoms with Gasteiger partial charge in [0.25, 0.3) is 0 Å². The van der Waals surface area contributed by atoms with Crippen LogP contribution in [0.5, 0.6) is 17.5 Å². The highest BCUT2D eigenvalue weighted by Gasteiger charge is 2.06. The van der Waals surface area contributed by atoms with Gasteiger partial charge in [-0.15, -0.1) is 0 Å². The predicted molar refractivity (Wildman–Crippen MR) is 80.4 cm³/mol. The maximum absolute atomic E-state index is 5.78. The zero-order valence-electron chi connectivity index (χ0n) is 12.1. The zero-order chi connectivity index (χ0) is 14.5. The third kappa shape index (κ3) is 3.41. The molecule has 0 aliphatic heterocycles. The van der Waals surface area contributed by atoms with E-state index in [1.54, 1.807) is 12.1 Å². The molecule has 0 aliphatic carbocycles. The summed E-state index contributed by atoms with van der Waals surface area (Å²) >= 11 is 0. The van der Waals surface area contributed by atoms with E-state index in [-0.39, 0.29) is 0 Å². The summed E-state index contributed by atoms with van der Waals surface area (Å²) in [6, 6.07) is 11.5. The monoisotopic (exact) mass is 272 g/mol. The molecule has 1 heterocycles. The van der Waals surface area contributed by atoms with Crippen LogP contribution in [-0.4, -0.2) is 11.6 Å². The van der Waals surface area contributed by atoms with Gasteiger partial charge in [-0.3, -0.25) is 0 Å². The van der Waals surface area contributed by atoms with Crippen molar-refractivity contribution in [2.24, 2.45) is 0 Å². The summed E-state index contributed by atoms with van der Waals surface area (Å²) in [5, 5.41) is 0. The van der Waals surface area contributed by atoms with Gasteiger partial charge in [0, 0.05) is 6.07 Å². The van der Waals surface area contributed by atoms with Crippen LogP contribution in [0.2, 0.25) is 0 Å². The van der Waals surface area contributed by atoms with Crippen LogP contribution < -0.4 is 15.2 Å². The van der Waals surface area contributed by atoms with E-state index >= 15 is 0 Å². The van der Waals surface area contributed by atoms with Gasteiger partial charge >= 0.3 is 0 Å². The lowest BCUT2D eigenvalue weighted by atomic mass is 10.0. The number of hydrogen-bond acceptors (Lipinski definition) is 4. The van der Waals surface area contributed by atoms with Crippen LogP contribution in [0.4, 0.5) is 5.69 Å². The van der Waals surface area contributed by atoms with Gasteiger partial charge in [0.15, 0.2) is 0 Å².